The fraction of sp³-hybridized carbons (Fsp3) is 0.391. The minimum absolute atomic E-state index is 0.0154. The number of carbonyl (C=O) groups is 2. The van der Waals surface area contributed by atoms with Gasteiger partial charge in [-0.1, -0.05) is 17.7 Å². The zero-order valence-corrected chi connectivity index (χ0v) is 17.5. The van der Waals surface area contributed by atoms with Gasteiger partial charge in [0.2, 0.25) is 0 Å². The van der Waals surface area contributed by atoms with Gasteiger partial charge in [0.05, 0.1) is 14.2 Å². The predicted octanol–water partition coefficient (Wildman–Crippen LogP) is 3.31. The van der Waals surface area contributed by atoms with Gasteiger partial charge in [0.1, 0.15) is 11.5 Å². The summed E-state index contributed by atoms with van der Waals surface area (Å²) < 4.78 is 10.8. The average molecular weight is 396 g/mol. The summed E-state index contributed by atoms with van der Waals surface area (Å²) in [5.41, 5.74) is 3.14. The number of carbonyl (C=O) groups excluding carboxylic acids is 2. The number of hydrogen-bond donors (Lipinski definition) is 0. The van der Waals surface area contributed by atoms with E-state index in [1.165, 1.54) is 0 Å². The number of rotatable bonds is 4. The minimum Gasteiger partial charge on any atom is -0.496 e. The van der Waals surface area contributed by atoms with Gasteiger partial charge in [-0.3, -0.25) is 9.59 Å². The third kappa shape index (κ3) is 4.53. The maximum atomic E-state index is 13.1. The molecule has 0 aliphatic carbocycles. The molecule has 0 bridgehead atoms. The first-order valence-corrected chi connectivity index (χ1v) is 9.82. The molecule has 2 aromatic carbocycles. The van der Waals surface area contributed by atoms with Gasteiger partial charge >= 0.3 is 0 Å². The van der Waals surface area contributed by atoms with Gasteiger partial charge in [0, 0.05) is 42.9 Å². The molecule has 2 amide bonds. The van der Waals surface area contributed by atoms with E-state index in [9.17, 15) is 9.59 Å². The molecular formula is C23H28N2O4. The van der Waals surface area contributed by atoms with Crippen molar-refractivity contribution in [2.75, 3.05) is 40.4 Å². The molecule has 0 radical (unpaired) electrons. The second-order valence-electron chi connectivity index (χ2n) is 7.31. The summed E-state index contributed by atoms with van der Waals surface area (Å²) in [7, 11) is 3.16. The number of hydrogen-bond acceptors (Lipinski definition) is 4. The molecule has 1 fully saturated rings. The number of benzene rings is 2. The third-order valence-electron chi connectivity index (χ3n) is 5.33. The molecule has 0 unspecified atom stereocenters. The largest absolute Gasteiger partial charge is 0.496 e. The number of amides is 2. The second kappa shape index (κ2) is 8.99. The number of nitrogens with zero attached hydrogens (tertiary/aromatic N) is 2. The van der Waals surface area contributed by atoms with Crippen LogP contribution in [0.4, 0.5) is 0 Å². The van der Waals surface area contributed by atoms with Gasteiger partial charge < -0.3 is 19.3 Å². The van der Waals surface area contributed by atoms with Crippen molar-refractivity contribution in [2.45, 2.75) is 20.3 Å². The topological polar surface area (TPSA) is 59.1 Å². The lowest BCUT2D eigenvalue weighted by Crippen LogP contribution is -2.37. The van der Waals surface area contributed by atoms with Crippen LogP contribution in [0.2, 0.25) is 0 Å². The number of methoxy groups -OCH3 is 2. The van der Waals surface area contributed by atoms with Gasteiger partial charge in [-0.2, -0.15) is 0 Å². The van der Waals surface area contributed by atoms with Gasteiger partial charge in [0.15, 0.2) is 0 Å². The van der Waals surface area contributed by atoms with E-state index in [4.69, 9.17) is 9.47 Å². The summed E-state index contributed by atoms with van der Waals surface area (Å²) in [5, 5.41) is 0. The van der Waals surface area contributed by atoms with Crippen LogP contribution in [0, 0.1) is 13.8 Å². The first-order chi connectivity index (χ1) is 13.9. The summed E-state index contributed by atoms with van der Waals surface area (Å²) in [6, 6.07) is 11.1. The Morgan fingerprint density at radius 1 is 0.793 bits per heavy atom. The van der Waals surface area contributed by atoms with Crippen LogP contribution in [0.3, 0.4) is 0 Å². The molecule has 0 N–H and O–H groups in total. The summed E-state index contributed by atoms with van der Waals surface area (Å²) in [4.78, 5) is 29.6. The summed E-state index contributed by atoms with van der Waals surface area (Å²) in [5.74, 6) is 1.19. The van der Waals surface area contributed by atoms with Crippen molar-refractivity contribution >= 4 is 11.8 Å². The second-order valence-corrected chi connectivity index (χ2v) is 7.31. The minimum atomic E-state index is -0.0774. The van der Waals surface area contributed by atoms with E-state index >= 15 is 0 Å². The lowest BCUT2D eigenvalue weighted by atomic mass is 10.1. The Balaban J connectivity index is 1.74. The van der Waals surface area contributed by atoms with Gasteiger partial charge in [0.25, 0.3) is 11.8 Å². The van der Waals surface area contributed by atoms with E-state index in [0.717, 1.165) is 17.5 Å². The number of aryl methyl sites for hydroxylation is 1. The van der Waals surface area contributed by atoms with Gasteiger partial charge in [-0.05, 0) is 44.5 Å². The van der Waals surface area contributed by atoms with Crippen molar-refractivity contribution in [2.24, 2.45) is 0 Å². The maximum Gasteiger partial charge on any atom is 0.254 e. The third-order valence-corrected chi connectivity index (χ3v) is 5.33. The van der Waals surface area contributed by atoms with Crippen LogP contribution >= 0.6 is 0 Å². The maximum absolute atomic E-state index is 13.1. The fourth-order valence-electron chi connectivity index (χ4n) is 3.68. The summed E-state index contributed by atoms with van der Waals surface area (Å²) in [6.45, 7) is 6.12. The molecule has 2 aromatic rings. The quantitative estimate of drug-likeness (QED) is 0.796. The molecule has 6 nitrogen and oxygen atoms in total. The Morgan fingerprint density at radius 2 is 1.34 bits per heavy atom. The van der Waals surface area contributed by atoms with Gasteiger partial charge in [-0.25, -0.2) is 0 Å². The first-order valence-electron chi connectivity index (χ1n) is 9.82. The molecule has 154 valence electrons. The van der Waals surface area contributed by atoms with Crippen LogP contribution in [0.25, 0.3) is 0 Å². The van der Waals surface area contributed by atoms with Crippen LogP contribution in [0.1, 0.15) is 38.3 Å². The highest BCUT2D eigenvalue weighted by Gasteiger charge is 2.24. The van der Waals surface area contributed by atoms with Crippen LogP contribution in [-0.2, 0) is 0 Å². The lowest BCUT2D eigenvalue weighted by molar-refractivity contribution is 0.0718. The highest BCUT2D eigenvalue weighted by Crippen LogP contribution is 2.30. The van der Waals surface area contributed by atoms with E-state index in [0.29, 0.717) is 48.8 Å². The molecule has 0 spiro atoms. The van der Waals surface area contributed by atoms with E-state index in [2.05, 4.69) is 0 Å². The SMILES string of the molecule is COc1cc(C(=O)N2CCCN(C(=O)c3cccc(C)c3)CC2)cc(OC)c1C. The van der Waals surface area contributed by atoms with Crippen LogP contribution in [0.5, 0.6) is 11.5 Å². The standard InChI is InChI=1S/C23H28N2O4/c1-16-7-5-8-18(13-16)22(26)24-9-6-10-25(12-11-24)23(27)19-14-20(28-3)17(2)21(15-19)29-4/h5,7-8,13-15H,6,9-12H2,1-4H3. The summed E-state index contributed by atoms with van der Waals surface area (Å²) >= 11 is 0. The fourth-order valence-corrected chi connectivity index (χ4v) is 3.68. The van der Waals surface area contributed by atoms with Crippen molar-refractivity contribution in [3.63, 3.8) is 0 Å². The van der Waals surface area contributed by atoms with E-state index in [-0.39, 0.29) is 11.8 Å². The Labute approximate surface area is 172 Å². The average Bonchev–Trinajstić information content (AvgIpc) is 2.99. The van der Waals surface area contributed by atoms with Crippen LogP contribution in [-0.4, -0.2) is 62.0 Å². The normalized spacial score (nSPS) is 14.3. The zero-order valence-electron chi connectivity index (χ0n) is 17.5. The predicted molar refractivity (Wildman–Crippen MR) is 112 cm³/mol. The lowest BCUT2D eigenvalue weighted by Gasteiger charge is -2.23. The van der Waals surface area contributed by atoms with Crippen LogP contribution in [0.15, 0.2) is 36.4 Å². The molecule has 0 aromatic heterocycles. The van der Waals surface area contributed by atoms with Crippen molar-refractivity contribution in [1.82, 2.24) is 9.80 Å². The zero-order chi connectivity index (χ0) is 21.0. The molecule has 1 aliphatic rings. The molecule has 1 saturated heterocycles. The molecule has 1 heterocycles. The van der Waals surface area contributed by atoms with Crippen molar-refractivity contribution in [3.05, 3.63) is 58.7 Å². The molecule has 29 heavy (non-hydrogen) atoms. The van der Waals surface area contributed by atoms with E-state index in [1.807, 2.05) is 43.0 Å². The molecule has 1 aliphatic heterocycles. The van der Waals surface area contributed by atoms with Gasteiger partial charge in [-0.15, -0.1) is 0 Å². The molecule has 3 rings (SSSR count). The highest BCUT2D eigenvalue weighted by molar-refractivity contribution is 5.96. The number of ether oxygens (including phenoxy) is 2. The Hall–Kier alpha value is -3.02. The smallest absolute Gasteiger partial charge is 0.254 e. The Morgan fingerprint density at radius 3 is 1.86 bits per heavy atom. The summed E-state index contributed by atoms with van der Waals surface area (Å²) in [6.07, 6.45) is 0.740. The van der Waals surface area contributed by atoms with E-state index < -0.39 is 0 Å². The van der Waals surface area contributed by atoms with Crippen molar-refractivity contribution in [3.8, 4) is 11.5 Å². The molecular weight excluding hydrogens is 368 g/mol. The first kappa shape index (κ1) is 20.7. The highest BCUT2D eigenvalue weighted by atomic mass is 16.5. The van der Waals surface area contributed by atoms with Crippen molar-refractivity contribution < 1.29 is 19.1 Å². The van der Waals surface area contributed by atoms with E-state index in [1.54, 1.807) is 31.3 Å². The van der Waals surface area contributed by atoms with Crippen LogP contribution < -0.4 is 9.47 Å². The Kier molecular flexibility index (Phi) is 6.42. The Bertz CT molecular complexity index is 884. The monoisotopic (exact) mass is 396 g/mol. The molecule has 0 atom stereocenters. The van der Waals surface area contributed by atoms with Crippen molar-refractivity contribution in [1.29, 1.82) is 0 Å². The molecule has 6 heteroatoms. The molecule has 0 saturated carbocycles.